The van der Waals surface area contributed by atoms with Crippen LogP contribution in [-0.2, 0) is 89.9 Å². The molecule has 5 aromatic heterocycles. The minimum atomic E-state index is -4.49. The lowest BCUT2D eigenvalue weighted by atomic mass is 10.0. The molecule has 1 aliphatic carbocycles. The number of sulfonamides is 4. The van der Waals surface area contributed by atoms with Gasteiger partial charge in [0.05, 0.1) is 120 Å². The highest BCUT2D eigenvalue weighted by molar-refractivity contribution is 7.93. The van der Waals surface area contributed by atoms with Crippen molar-refractivity contribution in [2.45, 2.75) is 116 Å². The molecular weight excluding hydrogens is 1840 g/mol. The number of alkyl halides is 7. The Morgan fingerprint density at radius 3 is 1.13 bits per heavy atom. The Labute approximate surface area is 781 Å². The number of benzene rings is 10. The molecule has 1 amide bonds. The summed E-state index contributed by atoms with van der Waals surface area (Å²) in [4.78, 5) is 11.5. The van der Waals surface area contributed by atoms with Gasteiger partial charge in [0.25, 0.3) is 0 Å². The molecule has 0 spiro atoms. The second kappa shape index (κ2) is 41.7. The lowest BCUT2D eigenvalue weighted by Crippen LogP contribution is -2.17. The highest BCUT2D eigenvalue weighted by Crippen LogP contribution is 2.44. The Kier molecular flexibility index (Phi) is 30.7. The van der Waals surface area contributed by atoms with E-state index in [4.69, 9.17) is 26.2 Å². The van der Waals surface area contributed by atoms with E-state index in [1.54, 1.807) is 116 Å². The third-order valence-corrected chi connectivity index (χ3v) is 27.1. The van der Waals surface area contributed by atoms with Gasteiger partial charge in [0.1, 0.15) is 36.1 Å². The molecule has 0 aliphatic heterocycles. The maximum atomic E-state index is 13.2. The normalized spacial score (nSPS) is 12.1. The molecule has 1 fully saturated rings. The van der Waals surface area contributed by atoms with Gasteiger partial charge in [-0.05, 0) is 192 Å². The predicted octanol–water partition coefficient (Wildman–Crippen LogP) is 21.9. The predicted molar refractivity (Wildman–Crippen MR) is 514 cm³/mol. The summed E-state index contributed by atoms with van der Waals surface area (Å²) in [5, 5.41) is 59.6. The number of aromatic nitrogens is 5. The summed E-state index contributed by atoms with van der Waals surface area (Å²) in [7, 11) is -12.5. The first kappa shape index (κ1) is 99.5. The molecule has 696 valence electrons. The Bertz CT molecular complexity index is 7730. The number of nitrogens with two attached hydrogens (primary N) is 1. The standard InChI is InChI=1S/C21H19ClF3N3O2S.C21H18F3N3O2S.C20H19N3O2.C18H17N3O3S.C18H17N3O2S/c1-2-28-19-12-15(21(23,24)25)6-9-17(19)18(13-26)20(28)14-4-7-16(8-5-14)27-31(29,30)11-3-10-22;1-2-27-19-11-14(21(22,23)24)5-10-17(19)18(12-25)20(27)13-3-6-15(7-4-13)26-30(28,29)16-8-9-16;1-3-23-18-8-6-5-7-16(18)17(13-21)19(23)14-9-11-15(12-10-14)22-20(24)25-4-2;1-3-21-17-10-13(24-2)7-8-15(17)16(11-19)18(21)12-5-4-6-14(9-12)25(20,22)23;1-3-21-17-7-5-4-6-15(17)16(12-19)18(21)13-8-10-14(11-9-13)20-24(2,22)23/h4-9,12,27H,2-3,10-11H2,1H3;3-7,10-11,16,26H,2,8-9H2,1H3;5-12H,3-4H2,1-2H3,(H,22,24);4-10H,3H2,1-2H3,(H2,20,22,23);4-11,20H,3H2,1-2H3. The van der Waals surface area contributed by atoms with Crippen LogP contribution in [0.3, 0.4) is 0 Å². The van der Waals surface area contributed by atoms with Gasteiger partial charge in [-0.15, -0.1) is 11.6 Å². The number of hydrogen-bond donors (Lipinski definition) is 5. The molecule has 1 aliphatic rings. The molecule has 15 aromatic rings. The maximum absolute atomic E-state index is 13.2. The number of nitrogens with one attached hydrogen (secondary N) is 4. The molecule has 0 atom stereocenters. The van der Waals surface area contributed by atoms with Gasteiger partial charge in [0.15, 0.2) is 0 Å². The molecule has 135 heavy (non-hydrogen) atoms. The first-order chi connectivity index (χ1) is 64.3. The summed E-state index contributed by atoms with van der Waals surface area (Å²) in [6.45, 7) is 14.6. The fraction of sp³-hybridized carbons (Fsp3) is 0.224. The summed E-state index contributed by atoms with van der Waals surface area (Å²) in [6.07, 6.45) is -6.72. The van der Waals surface area contributed by atoms with Crippen molar-refractivity contribution in [2.24, 2.45) is 5.14 Å². The summed E-state index contributed by atoms with van der Waals surface area (Å²) in [5.41, 5.74) is 13.3. The molecule has 0 bridgehead atoms. The highest BCUT2D eigenvalue weighted by Gasteiger charge is 2.37. The lowest BCUT2D eigenvalue weighted by Gasteiger charge is -2.11. The number of fused-ring (bicyclic) bond motifs is 5. The van der Waals surface area contributed by atoms with Gasteiger partial charge in [-0.3, -0.25) is 19.5 Å². The van der Waals surface area contributed by atoms with E-state index in [2.05, 4.69) is 65.9 Å². The minimum Gasteiger partial charge on any atom is -0.497 e. The molecule has 26 nitrogen and oxygen atoms in total. The average Bonchev–Trinajstić information content (AvgIpc) is 1.61. The van der Waals surface area contributed by atoms with Gasteiger partial charge < -0.3 is 32.3 Å². The SMILES string of the molecule is CCOC(=O)Nc1ccc(-c2c(C#N)c3ccccc3n2CC)cc1.CCn1c(-c2ccc(NS(=O)(=O)C3CC3)cc2)c(C#N)c2ccc(C(F)(F)F)cc21.CCn1c(-c2ccc(NS(=O)(=O)CCCCl)cc2)c(C#N)c2ccc(C(F)(F)F)cc21.CCn1c(-c2ccc(NS(C)(=O)=O)cc2)c(C#N)c2ccccc21.CCn1c(-c2cccc(S(N)(=O)=O)c2)c(C#N)c2ccc(OC)cc21. The smallest absolute Gasteiger partial charge is 0.416 e. The van der Waals surface area contributed by atoms with Crippen LogP contribution in [0.25, 0.3) is 111 Å². The number of para-hydroxylation sites is 2. The van der Waals surface area contributed by atoms with Crippen molar-refractivity contribution in [1.82, 2.24) is 22.8 Å². The molecule has 0 saturated heterocycles. The van der Waals surface area contributed by atoms with Crippen molar-refractivity contribution < 1.29 is 74.3 Å². The second-order valence-electron chi connectivity index (χ2n) is 30.7. The summed E-state index contributed by atoms with van der Waals surface area (Å²) >= 11 is 5.54. The molecule has 5 heterocycles. The highest BCUT2D eigenvalue weighted by atomic mass is 35.5. The van der Waals surface area contributed by atoms with Crippen LogP contribution >= 0.6 is 11.6 Å². The zero-order chi connectivity index (χ0) is 97.8. The average molecular weight is 1930 g/mol. The van der Waals surface area contributed by atoms with Crippen molar-refractivity contribution in [2.75, 3.05) is 51.1 Å². The first-order valence-electron chi connectivity index (χ1n) is 42.2. The molecule has 1 saturated carbocycles. The number of aryl methyl sites for hydroxylation is 5. The second-order valence-corrected chi connectivity index (χ2v) is 38.2. The van der Waals surface area contributed by atoms with Crippen molar-refractivity contribution in [3.8, 4) is 92.4 Å². The number of methoxy groups -OCH3 is 1. The van der Waals surface area contributed by atoms with Crippen LogP contribution in [0.5, 0.6) is 5.75 Å². The number of carbonyl (C=O) groups is 1. The van der Waals surface area contributed by atoms with Crippen LogP contribution in [-0.4, -0.2) is 99.5 Å². The number of carbonyl (C=O) groups excluding carboxylic acids is 1. The summed E-state index contributed by atoms with van der Waals surface area (Å²) in [6, 6.07) is 72.7. The van der Waals surface area contributed by atoms with Crippen molar-refractivity contribution in [3.05, 3.63) is 263 Å². The van der Waals surface area contributed by atoms with Crippen LogP contribution in [0.2, 0.25) is 0 Å². The van der Waals surface area contributed by atoms with Crippen LogP contribution < -0.4 is 29.4 Å². The molecular formula is C98H90ClF6N15O11S4. The molecule has 37 heteroatoms. The number of halogens is 7. The Balaban J connectivity index is 0.000000152. The first-order valence-corrected chi connectivity index (χ1v) is 49.4. The van der Waals surface area contributed by atoms with E-state index in [1.807, 2.05) is 115 Å². The number of nitriles is 5. The quantitative estimate of drug-likeness (QED) is 0.0277. The van der Waals surface area contributed by atoms with Crippen LogP contribution in [0, 0.1) is 56.7 Å². The number of anilines is 4. The zero-order valence-corrected chi connectivity index (χ0v) is 78.1. The van der Waals surface area contributed by atoms with Crippen molar-refractivity contribution in [3.63, 3.8) is 0 Å². The van der Waals surface area contributed by atoms with Crippen LogP contribution in [0.4, 0.5) is 53.9 Å². The lowest BCUT2D eigenvalue weighted by molar-refractivity contribution is -0.138. The van der Waals surface area contributed by atoms with Gasteiger partial charge in [-0.1, -0.05) is 109 Å². The zero-order valence-electron chi connectivity index (χ0n) is 74.0. The summed E-state index contributed by atoms with van der Waals surface area (Å²) in [5.74, 6) is 0.811. The molecule has 0 radical (unpaired) electrons. The third-order valence-electron chi connectivity index (χ3n) is 22.1. The van der Waals surface area contributed by atoms with E-state index in [0.717, 1.165) is 98.8 Å². The molecule has 0 unspecified atom stereocenters. The largest absolute Gasteiger partial charge is 0.497 e. The number of primary sulfonamides is 1. The van der Waals surface area contributed by atoms with Crippen LogP contribution in [0.1, 0.15) is 99.7 Å². The minimum absolute atomic E-state index is 0.0133. The number of nitrogens with zero attached hydrogens (tertiary/aromatic N) is 10. The van der Waals surface area contributed by atoms with Gasteiger partial charge in [-0.2, -0.15) is 52.7 Å². The van der Waals surface area contributed by atoms with E-state index in [0.29, 0.717) is 146 Å². The van der Waals surface area contributed by atoms with Gasteiger partial charge in [-0.25, -0.2) is 43.6 Å². The van der Waals surface area contributed by atoms with Crippen LogP contribution in [0.15, 0.2) is 229 Å². The third kappa shape index (κ3) is 22.2. The maximum Gasteiger partial charge on any atom is 0.416 e. The van der Waals surface area contributed by atoms with E-state index in [-0.39, 0.29) is 32.9 Å². The molecule has 10 aromatic carbocycles. The van der Waals surface area contributed by atoms with E-state index in [1.165, 1.54) is 24.3 Å². The number of hydrogen-bond acceptors (Lipinski definition) is 16. The van der Waals surface area contributed by atoms with E-state index in [9.17, 15) is 91.1 Å². The van der Waals surface area contributed by atoms with E-state index < -0.39 is 69.7 Å². The summed E-state index contributed by atoms with van der Waals surface area (Å²) < 4.78 is 200. The number of ether oxygens (including phenoxy) is 2. The van der Waals surface area contributed by atoms with Gasteiger partial charge in [0, 0.05) is 111 Å². The Morgan fingerprint density at radius 2 is 0.778 bits per heavy atom. The number of rotatable bonds is 24. The van der Waals surface area contributed by atoms with E-state index >= 15 is 0 Å². The Morgan fingerprint density at radius 1 is 0.430 bits per heavy atom. The van der Waals surface area contributed by atoms with Gasteiger partial charge in [0.2, 0.25) is 40.1 Å². The van der Waals surface area contributed by atoms with Crippen molar-refractivity contribution >= 4 is 135 Å². The van der Waals surface area contributed by atoms with Crippen molar-refractivity contribution in [1.29, 1.82) is 26.3 Å². The molecule has 16 rings (SSSR count). The fourth-order valence-electron chi connectivity index (χ4n) is 16.0. The Hall–Kier alpha value is -14.6. The van der Waals surface area contributed by atoms with Gasteiger partial charge >= 0.3 is 18.4 Å². The molecule has 6 N–H and O–H groups in total. The fourth-order valence-corrected chi connectivity index (χ4v) is 20.0. The topological polar surface area (TPSA) is 390 Å². The monoisotopic (exact) mass is 1930 g/mol. The number of amides is 1.